The molecule has 214 valence electrons. The summed E-state index contributed by atoms with van der Waals surface area (Å²) < 4.78 is 9.79. The lowest BCUT2D eigenvalue weighted by Crippen LogP contribution is -2.48. The number of anilines is 1. The predicted molar refractivity (Wildman–Crippen MR) is 167 cm³/mol. The molecule has 0 bridgehead atoms. The highest BCUT2D eigenvalue weighted by Crippen LogP contribution is 2.52. The molecule has 2 aliphatic rings. The third-order valence-electron chi connectivity index (χ3n) is 8.31. The van der Waals surface area contributed by atoms with Gasteiger partial charge in [-0.2, -0.15) is 10.1 Å². The van der Waals surface area contributed by atoms with Crippen molar-refractivity contribution in [2.45, 2.75) is 58.2 Å². The molecule has 1 saturated heterocycles. The third kappa shape index (κ3) is 5.22. The molecule has 6 rings (SSSR count). The van der Waals surface area contributed by atoms with Crippen molar-refractivity contribution in [1.82, 2.24) is 24.6 Å². The second-order valence-corrected chi connectivity index (χ2v) is 13.2. The molecule has 0 saturated carbocycles. The molecular weight excluding hydrogens is 631 g/mol. The van der Waals surface area contributed by atoms with Crippen molar-refractivity contribution in [3.05, 3.63) is 85.3 Å². The van der Waals surface area contributed by atoms with Crippen LogP contribution in [0.5, 0.6) is 0 Å². The number of nitrogens with zero attached hydrogens (tertiary/aromatic N) is 5. The summed E-state index contributed by atoms with van der Waals surface area (Å²) in [4.78, 5) is 33.7. The highest BCUT2D eigenvalue weighted by Gasteiger charge is 2.49. The van der Waals surface area contributed by atoms with E-state index in [9.17, 15) is 9.59 Å². The number of amides is 1. The summed E-state index contributed by atoms with van der Waals surface area (Å²) in [5, 5.41) is 8.45. The van der Waals surface area contributed by atoms with E-state index >= 15 is 0 Å². The Kier molecular flexibility index (Phi) is 7.07. The first kappa shape index (κ1) is 27.7. The zero-order valence-electron chi connectivity index (χ0n) is 23.9. The molecule has 9 nitrogen and oxygen atoms in total. The van der Waals surface area contributed by atoms with Crippen LogP contribution < -0.4 is 15.8 Å². The molecule has 1 aliphatic heterocycles. The van der Waals surface area contributed by atoms with E-state index in [4.69, 9.17) is 9.72 Å². The monoisotopic (exact) mass is 666 g/mol. The molecule has 1 amide bonds. The number of carbonyl (C=O) groups excluding carboxylic acids is 1. The summed E-state index contributed by atoms with van der Waals surface area (Å²) in [7, 11) is 1.79. The first-order chi connectivity index (χ1) is 19.5. The van der Waals surface area contributed by atoms with Gasteiger partial charge in [0.15, 0.2) is 5.65 Å². The largest absolute Gasteiger partial charge is 0.444 e. The highest BCUT2D eigenvalue weighted by molar-refractivity contribution is 14.1. The van der Waals surface area contributed by atoms with E-state index < -0.39 is 11.7 Å². The standard InChI is InChI=1S/C31H35IN6O3/c1-30(2,3)41-29(40)33-24-22-13-9-8-12-21(22)18-31(24)14-16-37(17-15-31)28-34-26-23(27(39)36(28)4)25(32)35-38(26)19-20-10-6-5-7-11-20/h5-13,24H,14-19H2,1-4H3,(H,33,40). The lowest BCUT2D eigenvalue weighted by atomic mass is 9.73. The maximum Gasteiger partial charge on any atom is 0.408 e. The van der Waals surface area contributed by atoms with Gasteiger partial charge in [-0.25, -0.2) is 9.48 Å². The van der Waals surface area contributed by atoms with Crippen molar-refractivity contribution in [3.8, 4) is 0 Å². The van der Waals surface area contributed by atoms with Gasteiger partial charge in [-0.05, 0) is 79.3 Å². The minimum Gasteiger partial charge on any atom is -0.444 e. The lowest BCUT2D eigenvalue weighted by molar-refractivity contribution is 0.0427. The molecule has 3 heterocycles. The Labute approximate surface area is 253 Å². The summed E-state index contributed by atoms with van der Waals surface area (Å²) in [5.41, 5.74) is 3.35. The average molecular weight is 667 g/mol. The van der Waals surface area contributed by atoms with Crippen LogP contribution in [-0.2, 0) is 24.8 Å². The van der Waals surface area contributed by atoms with E-state index in [-0.39, 0.29) is 17.0 Å². The molecule has 1 atom stereocenters. The number of piperidine rings is 1. The van der Waals surface area contributed by atoms with Crippen molar-refractivity contribution in [2.75, 3.05) is 18.0 Å². The number of hydrogen-bond donors (Lipinski definition) is 1. The number of rotatable bonds is 4. The van der Waals surface area contributed by atoms with E-state index in [1.165, 1.54) is 5.56 Å². The first-order valence-electron chi connectivity index (χ1n) is 14.0. The molecule has 1 unspecified atom stereocenters. The van der Waals surface area contributed by atoms with Gasteiger partial charge in [-0.3, -0.25) is 9.36 Å². The van der Waals surface area contributed by atoms with Gasteiger partial charge in [0.05, 0.1) is 12.6 Å². The fourth-order valence-electron chi connectivity index (χ4n) is 6.36. The number of ether oxygens (including phenoxy) is 1. The van der Waals surface area contributed by atoms with Crippen LogP contribution in [-0.4, -0.2) is 44.1 Å². The summed E-state index contributed by atoms with van der Waals surface area (Å²) >= 11 is 2.13. The summed E-state index contributed by atoms with van der Waals surface area (Å²) in [5.74, 6) is 0.648. The molecule has 1 N–H and O–H groups in total. The minimum absolute atomic E-state index is 0.0910. The number of fused-ring (bicyclic) bond motifs is 2. The highest BCUT2D eigenvalue weighted by atomic mass is 127. The van der Waals surface area contributed by atoms with Crippen molar-refractivity contribution >= 4 is 45.7 Å². The number of halogens is 1. The zero-order chi connectivity index (χ0) is 28.9. The summed E-state index contributed by atoms with van der Waals surface area (Å²) in [6, 6.07) is 18.3. The van der Waals surface area contributed by atoms with Gasteiger partial charge < -0.3 is 15.0 Å². The van der Waals surface area contributed by atoms with Gasteiger partial charge in [-0.1, -0.05) is 54.6 Å². The second kappa shape index (κ2) is 10.5. The Hall–Kier alpha value is -3.41. The Morgan fingerprint density at radius 3 is 2.49 bits per heavy atom. The number of hydrogen-bond acceptors (Lipinski definition) is 6. The zero-order valence-corrected chi connectivity index (χ0v) is 26.0. The SMILES string of the molecule is Cn1c(N2CCC3(CC2)Cc2ccccc2C3NC(=O)OC(C)(C)C)nc2c(c(I)nn2Cc2ccccc2)c1=O. The quantitative estimate of drug-likeness (QED) is 0.302. The molecule has 1 fully saturated rings. The van der Waals surface area contributed by atoms with E-state index in [0.29, 0.717) is 27.2 Å². The lowest BCUT2D eigenvalue weighted by Gasteiger charge is -2.44. The second-order valence-electron chi connectivity index (χ2n) is 12.2. The third-order valence-corrected chi connectivity index (χ3v) is 9.06. The summed E-state index contributed by atoms with van der Waals surface area (Å²) in [6.07, 6.45) is 2.19. The average Bonchev–Trinajstić information content (AvgIpc) is 3.39. The van der Waals surface area contributed by atoms with Crippen LogP contribution >= 0.6 is 22.6 Å². The Morgan fingerprint density at radius 1 is 1.10 bits per heavy atom. The maximum atomic E-state index is 13.5. The van der Waals surface area contributed by atoms with Crippen molar-refractivity contribution in [1.29, 1.82) is 0 Å². The fraction of sp³-hybridized carbons (Fsp3) is 0.419. The Balaban J connectivity index is 1.29. The topological polar surface area (TPSA) is 94.3 Å². The molecule has 2 aromatic heterocycles. The Bertz CT molecular complexity index is 1670. The van der Waals surface area contributed by atoms with Crippen LogP contribution in [0.4, 0.5) is 10.7 Å². The molecule has 10 heteroatoms. The molecule has 4 aromatic rings. The molecular formula is C31H35IN6O3. The number of benzene rings is 2. The van der Waals surface area contributed by atoms with Crippen molar-refractivity contribution in [3.63, 3.8) is 0 Å². The number of nitrogens with one attached hydrogen (secondary N) is 1. The van der Waals surface area contributed by atoms with Crippen LogP contribution in [0.2, 0.25) is 0 Å². The normalized spacial score (nSPS) is 18.1. The van der Waals surface area contributed by atoms with Gasteiger partial charge >= 0.3 is 6.09 Å². The van der Waals surface area contributed by atoms with Crippen LogP contribution in [0.3, 0.4) is 0 Å². The maximum absolute atomic E-state index is 13.5. The van der Waals surface area contributed by atoms with Gasteiger partial charge in [-0.15, -0.1) is 0 Å². The number of aromatic nitrogens is 4. The fourth-order valence-corrected chi connectivity index (χ4v) is 7.09. The first-order valence-corrected chi connectivity index (χ1v) is 15.1. The van der Waals surface area contributed by atoms with Crippen LogP contribution in [0.15, 0.2) is 59.4 Å². The molecule has 1 spiro atoms. The van der Waals surface area contributed by atoms with Crippen molar-refractivity contribution in [2.24, 2.45) is 12.5 Å². The summed E-state index contributed by atoms with van der Waals surface area (Å²) in [6.45, 7) is 7.62. The van der Waals surface area contributed by atoms with Crippen LogP contribution in [0, 0.1) is 9.12 Å². The molecule has 2 aromatic carbocycles. The van der Waals surface area contributed by atoms with E-state index in [2.05, 4.69) is 56.1 Å². The van der Waals surface area contributed by atoms with E-state index in [0.717, 1.165) is 43.5 Å². The van der Waals surface area contributed by atoms with E-state index in [1.807, 2.05) is 61.9 Å². The Morgan fingerprint density at radius 2 is 1.78 bits per heavy atom. The molecule has 41 heavy (non-hydrogen) atoms. The van der Waals surface area contributed by atoms with Gasteiger partial charge in [0.2, 0.25) is 5.95 Å². The van der Waals surface area contributed by atoms with Crippen LogP contribution in [0.1, 0.15) is 56.3 Å². The minimum atomic E-state index is -0.571. The van der Waals surface area contributed by atoms with Crippen molar-refractivity contribution < 1.29 is 9.53 Å². The predicted octanol–water partition coefficient (Wildman–Crippen LogP) is 5.19. The van der Waals surface area contributed by atoms with E-state index in [1.54, 1.807) is 11.6 Å². The van der Waals surface area contributed by atoms with Gasteiger partial charge in [0.1, 0.15) is 14.7 Å². The van der Waals surface area contributed by atoms with Crippen LogP contribution in [0.25, 0.3) is 11.0 Å². The number of carbonyl (C=O) groups is 1. The van der Waals surface area contributed by atoms with Gasteiger partial charge in [0, 0.05) is 25.6 Å². The molecule has 0 radical (unpaired) electrons. The smallest absolute Gasteiger partial charge is 0.408 e. The number of alkyl carbamates (subject to hydrolysis) is 1. The van der Waals surface area contributed by atoms with Gasteiger partial charge in [0.25, 0.3) is 5.56 Å². The molecule has 1 aliphatic carbocycles.